The van der Waals surface area contributed by atoms with Gasteiger partial charge in [-0.15, -0.1) is 0 Å². The second-order valence-corrected chi connectivity index (χ2v) is 6.21. The molecule has 5 nitrogen and oxygen atoms in total. The van der Waals surface area contributed by atoms with Crippen molar-refractivity contribution in [3.8, 4) is 10.6 Å². The van der Waals surface area contributed by atoms with Gasteiger partial charge in [-0.2, -0.15) is 9.61 Å². The van der Waals surface area contributed by atoms with Gasteiger partial charge >= 0.3 is 0 Å². The number of nitrogens with zero attached hydrogens (tertiary/aromatic N) is 4. The van der Waals surface area contributed by atoms with E-state index < -0.39 is 0 Å². The highest BCUT2D eigenvalue weighted by Crippen LogP contribution is 2.24. The van der Waals surface area contributed by atoms with E-state index in [0.717, 1.165) is 5.56 Å². The molecule has 0 atom stereocenters. The van der Waals surface area contributed by atoms with E-state index in [-0.39, 0.29) is 11.4 Å². The average Bonchev–Trinajstić information content (AvgIpc) is 3.06. The second kappa shape index (κ2) is 6.37. The molecule has 0 saturated heterocycles. The third-order valence-corrected chi connectivity index (χ3v) is 4.42. The molecule has 0 radical (unpaired) electrons. The highest BCUT2D eigenvalue weighted by Gasteiger charge is 2.10. The monoisotopic (exact) mass is 350 g/mol. The first-order valence-electron chi connectivity index (χ1n) is 7.44. The lowest BCUT2D eigenvalue weighted by molar-refractivity contribution is 0.628. The van der Waals surface area contributed by atoms with Gasteiger partial charge in [-0.25, -0.2) is 9.37 Å². The fourth-order valence-electron chi connectivity index (χ4n) is 2.31. The van der Waals surface area contributed by atoms with Crippen molar-refractivity contribution < 1.29 is 4.39 Å². The van der Waals surface area contributed by atoms with Gasteiger partial charge in [0.1, 0.15) is 10.8 Å². The van der Waals surface area contributed by atoms with Gasteiger partial charge in [0.2, 0.25) is 4.96 Å². The molecule has 0 aliphatic heterocycles. The number of rotatable bonds is 3. The van der Waals surface area contributed by atoms with Crippen LogP contribution >= 0.6 is 11.3 Å². The van der Waals surface area contributed by atoms with Crippen molar-refractivity contribution >= 4 is 28.4 Å². The Bertz CT molecular complexity index is 1130. The first kappa shape index (κ1) is 15.3. The Morgan fingerprint density at radius 2 is 2.04 bits per heavy atom. The summed E-state index contributed by atoms with van der Waals surface area (Å²) in [7, 11) is 0. The molecule has 0 N–H and O–H groups in total. The number of halogens is 1. The maximum atomic E-state index is 13.4. The van der Waals surface area contributed by atoms with Crippen molar-refractivity contribution in [3.63, 3.8) is 0 Å². The average molecular weight is 350 g/mol. The number of fused-ring (bicyclic) bond motifs is 1. The summed E-state index contributed by atoms with van der Waals surface area (Å²) in [4.78, 5) is 21.2. The van der Waals surface area contributed by atoms with E-state index in [9.17, 15) is 9.18 Å². The lowest BCUT2D eigenvalue weighted by atomic mass is 10.2. The molecule has 0 unspecified atom stereocenters. The zero-order valence-corrected chi connectivity index (χ0v) is 13.7. The van der Waals surface area contributed by atoms with Crippen LogP contribution in [-0.2, 0) is 0 Å². The fraction of sp³-hybridized carbons (Fsp3) is 0. The fourth-order valence-corrected chi connectivity index (χ4v) is 3.22. The van der Waals surface area contributed by atoms with Crippen LogP contribution in [0.1, 0.15) is 11.3 Å². The molecular weight excluding hydrogens is 339 g/mol. The van der Waals surface area contributed by atoms with Crippen molar-refractivity contribution in [1.82, 2.24) is 19.6 Å². The van der Waals surface area contributed by atoms with Crippen molar-refractivity contribution in [2.24, 2.45) is 0 Å². The summed E-state index contributed by atoms with van der Waals surface area (Å²) in [6, 6.07) is 11.2. The highest BCUT2D eigenvalue weighted by atomic mass is 32.1. The van der Waals surface area contributed by atoms with Gasteiger partial charge in [0.05, 0.1) is 5.69 Å². The molecule has 3 aromatic heterocycles. The molecule has 1 aromatic carbocycles. The van der Waals surface area contributed by atoms with E-state index in [1.165, 1.54) is 34.1 Å². The molecule has 0 amide bonds. The summed E-state index contributed by atoms with van der Waals surface area (Å²) in [5, 5.41) is 4.78. The Labute approximate surface area is 145 Å². The molecule has 0 bridgehead atoms. The number of aromatic nitrogens is 4. The summed E-state index contributed by atoms with van der Waals surface area (Å²) in [6.45, 7) is 0. The molecule has 3 heterocycles. The van der Waals surface area contributed by atoms with Crippen LogP contribution < -0.4 is 5.56 Å². The first-order valence-corrected chi connectivity index (χ1v) is 8.26. The summed E-state index contributed by atoms with van der Waals surface area (Å²) in [5.41, 5.74) is 1.77. The van der Waals surface area contributed by atoms with Crippen LogP contribution in [-0.4, -0.2) is 19.6 Å². The Hall–Kier alpha value is -3.19. The molecule has 4 rings (SSSR count). The Kier molecular flexibility index (Phi) is 3.91. The van der Waals surface area contributed by atoms with Gasteiger partial charge in [-0.1, -0.05) is 35.6 Å². The zero-order chi connectivity index (χ0) is 17.2. The quantitative estimate of drug-likeness (QED) is 0.567. The van der Waals surface area contributed by atoms with E-state index in [1.54, 1.807) is 30.6 Å². The molecule has 0 saturated carbocycles. The minimum Gasteiger partial charge on any atom is -0.267 e. The van der Waals surface area contributed by atoms with Crippen molar-refractivity contribution in [2.75, 3.05) is 0 Å². The summed E-state index contributed by atoms with van der Waals surface area (Å²) in [5.74, 6) is -0.350. The van der Waals surface area contributed by atoms with Gasteiger partial charge < -0.3 is 0 Å². The van der Waals surface area contributed by atoms with Crippen LogP contribution in [0.4, 0.5) is 4.39 Å². The minimum absolute atomic E-state index is 0.283. The molecule has 0 aliphatic rings. The lowest BCUT2D eigenvalue weighted by Gasteiger charge is -1.94. The largest absolute Gasteiger partial charge is 0.275 e. The van der Waals surface area contributed by atoms with Gasteiger partial charge in [-0.3, -0.25) is 9.78 Å². The molecule has 0 fully saturated rings. The highest BCUT2D eigenvalue weighted by molar-refractivity contribution is 7.19. The number of benzene rings is 1. The molecular formula is C18H11FN4OS. The van der Waals surface area contributed by atoms with E-state index in [0.29, 0.717) is 21.2 Å². The van der Waals surface area contributed by atoms with Crippen molar-refractivity contribution in [3.05, 3.63) is 82.3 Å². The molecule has 122 valence electrons. The Morgan fingerprint density at radius 1 is 1.12 bits per heavy atom. The number of hydrogen-bond acceptors (Lipinski definition) is 5. The van der Waals surface area contributed by atoms with Crippen LogP contribution in [0, 0.1) is 5.82 Å². The molecule has 7 heteroatoms. The van der Waals surface area contributed by atoms with E-state index in [4.69, 9.17) is 0 Å². The molecule has 25 heavy (non-hydrogen) atoms. The SMILES string of the molecule is O=c1cc(C=Cc2cccnc2)nc2sc(-c3cccc(F)c3)nn12. The summed E-state index contributed by atoms with van der Waals surface area (Å²) in [6.07, 6.45) is 7.00. The standard InChI is InChI=1S/C18H11FN4OS/c19-14-5-1-4-13(9-14)17-22-23-16(24)10-15(21-18(23)25-17)7-6-12-3-2-8-20-11-12/h1-11H. The van der Waals surface area contributed by atoms with Crippen molar-refractivity contribution in [2.45, 2.75) is 0 Å². The van der Waals surface area contributed by atoms with Gasteiger partial charge in [0, 0.05) is 24.0 Å². The van der Waals surface area contributed by atoms with Crippen LogP contribution in [0.25, 0.3) is 27.7 Å². The van der Waals surface area contributed by atoms with E-state index >= 15 is 0 Å². The Morgan fingerprint density at radius 3 is 2.84 bits per heavy atom. The smallest absolute Gasteiger partial charge is 0.267 e. The predicted octanol–water partition coefficient (Wildman–Crippen LogP) is 3.52. The number of hydrogen-bond donors (Lipinski definition) is 0. The first-order chi connectivity index (χ1) is 12.2. The topological polar surface area (TPSA) is 60.2 Å². The molecule has 4 aromatic rings. The van der Waals surface area contributed by atoms with Crippen LogP contribution in [0.15, 0.2) is 59.7 Å². The zero-order valence-electron chi connectivity index (χ0n) is 12.8. The second-order valence-electron chi connectivity index (χ2n) is 5.25. The molecule has 0 aliphatic carbocycles. The maximum Gasteiger partial charge on any atom is 0.275 e. The third kappa shape index (κ3) is 3.22. The van der Waals surface area contributed by atoms with Gasteiger partial charge in [0.25, 0.3) is 5.56 Å². The molecule has 0 spiro atoms. The summed E-state index contributed by atoms with van der Waals surface area (Å²) >= 11 is 1.24. The normalized spacial score (nSPS) is 11.4. The van der Waals surface area contributed by atoms with Crippen LogP contribution in [0.2, 0.25) is 0 Å². The van der Waals surface area contributed by atoms with Gasteiger partial charge in [0.15, 0.2) is 0 Å². The maximum absolute atomic E-state index is 13.4. The van der Waals surface area contributed by atoms with Crippen LogP contribution in [0.3, 0.4) is 0 Å². The van der Waals surface area contributed by atoms with Gasteiger partial charge in [-0.05, 0) is 29.8 Å². The minimum atomic E-state index is -0.350. The van der Waals surface area contributed by atoms with Crippen LogP contribution in [0.5, 0.6) is 0 Å². The lowest BCUT2D eigenvalue weighted by Crippen LogP contribution is -2.14. The Balaban J connectivity index is 1.75. The van der Waals surface area contributed by atoms with E-state index in [2.05, 4.69) is 15.1 Å². The predicted molar refractivity (Wildman–Crippen MR) is 95.7 cm³/mol. The third-order valence-electron chi connectivity index (χ3n) is 3.47. The van der Waals surface area contributed by atoms with E-state index in [1.807, 2.05) is 18.2 Å². The van der Waals surface area contributed by atoms with Crippen molar-refractivity contribution in [1.29, 1.82) is 0 Å². The number of pyridine rings is 1. The summed E-state index contributed by atoms with van der Waals surface area (Å²) < 4.78 is 14.6.